The molecule has 5 heteroatoms. The van der Waals surface area contributed by atoms with Crippen molar-refractivity contribution in [2.75, 3.05) is 13.7 Å². The largest absolute Gasteiger partial charge is 0.468 e. The van der Waals surface area contributed by atoms with Gasteiger partial charge in [0.1, 0.15) is 6.04 Å². The molecule has 1 fully saturated rings. The lowest BCUT2D eigenvalue weighted by Gasteiger charge is -2.22. The fourth-order valence-electron chi connectivity index (χ4n) is 2.29. The number of likely N-dealkylation sites (tertiary alicyclic amines) is 1. The minimum Gasteiger partial charge on any atom is -0.468 e. The number of carbonyl (C=O) groups is 1. The van der Waals surface area contributed by atoms with E-state index in [1.54, 1.807) is 0 Å². The second-order valence-electron chi connectivity index (χ2n) is 4.39. The standard InChI is InChI=1S/C13H15BrClNO2/c1-18-13(17)12-3-2-6-16(12)8-9-4-5-10(14)7-11(9)15/h4-5,7,12H,2-3,6,8H2,1H3. The van der Waals surface area contributed by atoms with Crippen LogP contribution in [-0.2, 0) is 16.1 Å². The van der Waals surface area contributed by atoms with Crippen LogP contribution < -0.4 is 0 Å². The van der Waals surface area contributed by atoms with Crippen LogP contribution in [0.5, 0.6) is 0 Å². The highest BCUT2D eigenvalue weighted by Crippen LogP contribution is 2.26. The van der Waals surface area contributed by atoms with E-state index in [1.165, 1.54) is 7.11 Å². The highest BCUT2D eigenvalue weighted by molar-refractivity contribution is 9.10. The van der Waals surface area contributed by atoms with E-state index < -0.39 is 0 Å². The molecule has 0 N–H and O–H groups in total. The Balaban J connectivity index is 2.10. The van der Waals surface area contributed by atoms with Crippen molar-refractivity contribution in [2.24, 2.45) is 0 Å². The number of halogens is 2. The number of ether oxygens (including phenoxy) is 1. The Morgan fingerprint density at radius 2 is 2.39 bits per heavy atom. The van der Waals surface area contributed by atoms with Crippen molar-refractivity contribution in [1.82, 2.24) is 4.90 Å². The number of hydrogen-bond acceptors (Lipinski definition) is 3. The van der Waals surface area contributed by atoms with Gasteiger partial charge in [0.2, 0.25) is 0 Å². The Morgan fingerprint density at radius 3 is 3.06 bits per heavy atom. The minimum atomic E-state index is -0.152. The molecule has 0 aliphatic carbocycles. The van der Waals surface area contributed by atoms with E-state index in [-0.39, 0.29) is 12.0 Å². The molecule has 18 heavy (non-hydrogen) atoms. The number of hydrogen-bond donors (Lipinski definition) is 0. The van der Waals surface area contributed by atoms with E-state index in [4.69, 9.17) is 16.3 Å². The second kappa shape index (κ2) is 6.04. The van der Waals surface area contributed by atoms with Crippen LogP contribution >= 0.6 is 27.5 Å². The molecule has 0 bridgehead atoms. The van der Waals surface area contributed by atoms with Gasteiger partial charge in [0, 0.05) is 16.0 Å². The number of rotatable bonds is 3. The van der Waals surface area contributed by atoms with E-state index in [2.05, 4.69) is 20.8 Å². The van der Waals surface area contributed by atoms with Gasteiger partial charge >= 0.3 is 5.97 Å². The van der Waals surface area contributed by atoms with Gasteiger partial charge in [-0.2, -0.15) is 0 Å². The molecule has 0 spiro atoms. The third-order valence-corrected chi connectivity index (χ3v) is 4.07. The Labute approximate surface area is 120 Å². The Hall–Kier alpha value is -0.580. The number of benzene rings is 1. The normalized spacial score (nSPS) is 20.1. The van der Waals surface area contributed by atoms with Crippen molar-refractivity contribution in [1.29, 1.82) is 0 Å². The third-order valence-electron chi connectivity index (χ3n) is 3.23. The van der Waals surface area contributed by atoms with Gasteiger partial charge < -0.3 is 4.74 Å². The molecule has 1 aromatic rings. The minimum absolute atomic E-state index is 0.130. The molecular weight excluding hydrogens is 318 g/mol. The Morgan fingerprint density at radius 1 is 1.61 bits per heavy atom. The Kier molecular flexibility index (Phi) is 4.65. The summed E-state index contributed by atoms with van der Waals surface area (Å²) in [5.41, 5.74) is 1.04. The van der Waals surface area contributed by atoms with Crippen LogP contribution in [0.2, 0.25) is 5.02 Å². The predicted octanol–water partition coefficient (Wildman–Crippen LogP) is 3.24. The molecule has 1 saturated heterocycles. The molecule has 0 radical (unpaired) electrons. The lowest BCUT2D eigenvalue weighted by atomic mass is 10.2. The van der Waals surface area contributed by atoms with Gasteiger partial charge in [-0.25, -0.2) is 0 Å². The van der Waals surface area contributed by atoms with E-state index in [0.29, 0.717) is 6.54 Å². The van der Waals surface area contributed by atoms with Crippen LogP contribution in [0.25, 0.3) is 0 Å². The molecule has 1 atom stereocenters. The zero-order valence-corrected chi connectivity index (χ0v) is 12.5. The average molecular weight is 333 g/mol. The highest BCUT2D eigenvalue weighted by Gasteiger charge is 2.31. The summed E-state index contributed by atoms with van der Waals surface area (Å²) in [5, 5.41) is 0.722. The average Bonchev–Trinajstić information content (AvgIpc) is 2.80. The molecule has 0 aromatic heterocycles. The van der Waals surface area contributed by atoms with E-state index in [9.17, 15) is 4.79 Å². The van der Waals surface area contributed by atoms with Gasteiger partial charge in [-0.3, -0.25) is 9.69 Å². The summed E-state index contributed by atoms with van der Waals surface area (Å²) in [6, 6.07) is 5.69. The molecule has 1 unspecified atom stereocenters. The molecule has 98 valence electrons. The molecule has 0 amide bonds. The summed E-state index contributed by atoms with van der Waals surface area (Å²) in [4.78, 5) is 13.8. The second-order valence-corrected chi connectivity index (χ2v) is 5.71. The quantitative estimate of drug-likeness (QED) is 0.796. The predicted molar refractivity (Wildman–Crippen MR) is 74.6 cm³/mol. The molecule has 1 heterocycles. The van der Waals surface area contributed by atoms with Gasteiger partial charge in [-0.05, 0) is 37.1 Å². The molecule has 2 rings (SSSR count). The molecule has 1 aromatic carbocycles. The lowest BCUT2D eigenvalue weighted by Crippen LogP contribution is -2.36. The van der Waals surface area contributed by atoms with Crippen LogP contribution in [-0.4, -0.2) is 30.6 Å². The summed E-state index contributed by atoms with van der Waals surface area (Å²) in [6.07, 6.45) is 1.88. The van der Waals surface area contributed by atoms with Crippen LogP contribution in [0.4, 0.5) is 0 Å². The number of nitrogens with zero attached hydrogens (tertiary/aromatic N) is 1. The first-order valence-electron chi connectivity index (χ1n) is 5.87. The monoisotopic (exact) mass is 331 g/mol. The third kappa shape index (κ3) is 3.05. The first-order valence-corrected chi connectivity index (χ1v) is 7.04. The maximum absolute atomic E-state index is 11.6. The summed E-state index contributed by atoms with van der Waals surface area (Å²) in [5.74, 6) is -0.152. The van der Waals surface area contributed by atoms with Crippen molar-refractivity contribution in [3.63, 3.8) is 0 Å². The highest BCUT2D eigenvalue weighted by atomic mass is 79.9. The first-order chi connectivity index (χ1) is 8.61. The van der Waals surface area contributed by atoms with E-state index in [1.807, 2.05) is 18.2 Å². The van der Waals surface area contributed by atoms with Crippen LogP contribution in [0, 0.1) is 0 Å². The van der Waals surface area contributed by atoms with E-state index in [0.717, 1.165) is 34.4 Å². The van der Waals surface area contributed by atoms with Gasteiger partial charge in [0.05, 0.1) is 7.11 Å². The molecule has 1 aliphatic heterocycles. The molecule has 3 nitrogen and oxygen atoms in total. The van der Waals surface area contributed by atoms with Gasteiger partial charge in [-0.15, -0.1) is 0 Å². The number of carbonyl (C=O) groups excluding carboxylic acids is 1. The molecular formula is C13H15BrClNO2. The topological polar surface area (TPSA) is 29.5 Å². The van der Waals surface area contributed by atoms with Crippen molar-refractivity contribution >= 4 is 33.5 Å². The van der Waals surface area contributed by atoms with Crippen LogP contribution in [0.3, 0.4) is 0 Å². The van der Waals surface area contributed by atoms with Gasteiger partial charge in [-0.1, -0.05) is 33.6 Å². The Bertz CT molecular complexity index is 453. The smallest absolute Gasteiger partial charge is 0.323 e. The van der Waals surface area contributed by atoms with Crippen LogP contribution in [0.1, 0.15) is 18.4 Å². The van der Waals surface area contributed by atoms with Gasteiger partial charge in [0.25, 0.3) is 0 Å². The summed E-state index contributed by atoms with van der Waals surface area (Å²) in [6.45, 7) is 1.60. The van der Waals surface area contributed by atoms with Crippen molar-refractivity contribution in [2.45, 2.75) is 25.4 Å². The van der Waals surface area contributed by atoms with Crippen molar-refractivity contribution < 1.29 is 9.53 Å². The van der Waals surface area contributed by atoms with Crippen molar-refractivity contribution in [3.8, 4) is 0 Å². The summed E-state index contributed by atoms with van der Waals surface area (Å²) < 4.78 is 5.79. The van der Waals surface area contributed by atoms with E-state index >= 15 is 0 Å². The number of methoxy groups -OCH3 is 1. The number of esters is 1. The fourth-order valence-corrected chi connectivity index (χ4v) is 3.02. The zero-order valence-electron chi connectivity index (χ0n) is 10.2. The first kappa shape index (κ1) is 13.8. The SMILES string of the molecule is COC(=O)C1CCCN1Cc1ccc(Br)cc1Cl. The lowest BCUT2D eigenvalue weighted by molar-refractivity contribution is -0.146. The summed E-state index contributed by atoms with van der Waals surface area (Å²) >= 11 is 9.58. The summed E-state index contributed by atoms with van der Waals surface area (Å²) in [7, 11) is 1.44. The maximum Gasteiger partial charge on any atom is 0.323 e. The van der Waals surface area contributed by atoms with Crippen LogP contribution in [0.15, 0.2) is 22.7 Å². The van der Waals surface area contributed by atoms with Crippen molar-refractivity contribution in [3.05, 3.63) is 33.3 Å². The molecule has 1 aliphatic rings. The fraction of sp³-hybridized carbons (Fsp3) is 0.462. The maximum atomic E-state index is 11.6. The zero-order chi connectivity index (χ0) is 13.1. The van der Waals surface area contributed by atoms with Gasteiger partial charge in [0.15, 0.2) is 0 Å². The molecule has 0 saturated carbocycles.